The Kier molecular flexibility index (Phi) is 3.07. The molecule has 1 fully saturated rings. The molecule has 0 N–H and O–H groups in total. The van der Waals surface area contributed by atoms with Crippen LogP contribution in [0.2, 0.25) is 0 Å². The SMILES string of the molecule is O=C(c1cnc2ccccc2c1)C1CCCOC1. The molecule has 0 spiro atoms. The Morgan fingerprint density at radius 1 is 1.33 bits per heavy atom. The number of pyridine rings is 1. The van der Waals surface area contributed by atoms with E-state index in [-0.39, 0.29) is 11.7 Å². The highest BCUT2D eigenvalue weighted by Crippen LogP contribution is 2.20. The molecule has 1 unspecified atom stereocenters. The molecule has 1 aliphatic rings. The molecule has 1 aromatic heterocycles. The van der Waals surface area contributed by atoms with E-state index < -0.39 is 0 Å². The summed E-state index contributed by atoms with van der Waals surface area (Å²) in [7, 11) is 0. The minimum atomic E-state index is 0.00159. The third kappa shape index (κ3) is 2.14. The van der Waals surface area contributed by atoms with Crippen molar-refractivity contribution in [3.05, 3.63) is 42.1 Å². The van der Waals surface area contributed by atoms with Gasteiger partial charge in [-0.25, -0.2) is 0 Å². The lowest BCUT2D eigenvalue weighted by Gasteiger charge is -2.20. The Balaban J connectivity index is 1.91. The highest BCUT2D eigenvalue weighted by Gasteiger charge is 2.23. The van der Waals surface area contributed by atoms with Crippen molar-refractivity contribution in [1.29, 1.82) is 0 Å². The molecule has 0 radical (unpaired) electrons. The predicted molar refractivity (Wildman–Crippen MR) is 69.6 cm³/mol. The summed E-state index contributed by atoms with van der Waals surface area (Å²) in [6.07, 6.45) is 3.57. The van der Waals surface area contributed by atoms with Gasteiger partial charge >= 0.3 is 0 Å². The van der Waals surface area contributed by atoms with Crippen LogP contribution in [-0.4, -0.2) is 24.0 Å². The Labute approximate surface area is 106 Å². The number of carbonyl (C=O) groups excluding carboxylic acids is 1. The fourth-order valence-corrected chi connectivity index (χ4v) is 2.39. The second kappa shape index (κ2) is 4.86. The summed E-state index contributed by atoms with van der Waals surface area (Å²) in [5.74, 6) is 0.162. The second-order valence-corrected chi connectivity index (χ2v) is 4.70. The molecule has 92 valence electrons. The third-order valence-corrected chi connectivity index (χ3v) is 3.41. The van der Waals surface area contributed by atoms with Crippen LogP contribution >= 0.6 is 0 Å². The quantitative estimate of drug-likeness (QED) is 0.759. The first-order chi connectivity index (χ1) is 8.84. The molecule has 3 nitrogen and oxygen atoms in total. The summed E-state index contributed by atoms with van der Waals surface area (Å²) >= 11 is 0. The molecule has 18 heavy (non-hydrogen) atoms. The van der Waals surface area contributed by atoms with E-state index in [9.17, 15) is 4.79 Å². The van der Waals surface area contributed by atoms with Crippen LogP contribution in [0.1, 0.15) is 23.2 Å². The van der Waals surface area contributed by atoms with Gasteiger partial charge in [0.15, 0.2) is 5.78 Å². The van der Waals surface area contributed by atoms with Crippen LogP contribution in [0.15, 0.2) is 36.5 Å². The van der Waals surface area contributed by atoms with Gasteiger partial charge in [0.1, 0.15) is 0 Å². The molecule has 0 bridgehead atoms. The highest BCUT2D eigenvalue weighted by molar-refractivity contribution is 6.00. The highest BCUT2D eigenvalue weighted by atomic mass is 16.5. The van der Waals surface area contributed by atoms with Crippen molar-refractivity contribution in [3.63, 3.8) is 0 Å². The van der Waals surface area contributed by atoms with Crippen molar-refractivity contribution in [2.75, 3.05) is 13.2 Å². The minimum Gasteiger partial charge on any atom is -0.381 e. The Morgan fingerprint density at radius 2 is 2.22 bits per heavy atom. The number of nitrogens with zero attached hydrogens (tertiary/aromatic N) is 1. The van der Waals surface area contributed by atoms with E-state index in [0.29, 0.717) is 12.2 Å². The smallest absolute Gasteiger partial charge is 0.169 e. The summed E-state index contributed by atoms with van der Waals surface area (Å²) in [4.78, 5) is 16.7. The van der Waals surface area contributed by atoms with Gasteiger partial charge in [-0.3, -0.25) is 9.78 Å². The van der Waals surface area contributed by atoms with Gasteiger partial charge in [0.25, 0.3) is 0 Å². The first kappa shape index (κ1) is 11.4. The maximum atomic E-state index is 12.3. The number of para-hydroxylation sites is 1. The number of Topliss-reactive ketones (excluding diaryl/α,β-unsaturated/α-hetero) is 1. The average Bonchev–Trinajstić information content (AvgIpc) is 2.47. The van der Waals surface area contributed by atoms with E-state index >= 15 is 0 Å². The fraction of sp³-hybridized carbons (Fsp3) is 0.333. The van der Waals surface area contributed by atoms with Crippen LogP contribution in [0.5, 0.6) is 0 Å². The molecule has 0 aliphatic carbocycles. The summed E-state index contributed by atoms with van der Waals surface area (Å²) in [6.45, 7) is 1.32. The van der Waals surface area contributed by atoms with Crippen molar-refractivity contribution in [2.45, 2.75) is 12.8 Å². The van der Waals surface area contributed by atoms with Crippen molar-refractivity contribution < 1.29 is 9.53 Å². The third-order valence-electron chi connectivity index (χ3n) is 3.41. The molecule has 3 heteroatoms. The lowest BCUT2D eigenvalue weighted by atomic mass is 9.93. The van der Waals surface area contributed by atoms with E-state index in [2.05, 4.69) is 4.98 Å². The van der Waals surface area contributed by atoms with Gasteiger partial charge in [-0.05, 0) is 25.0 Å². The van der Waals surface area contributed by atoms with E-state index in [1.54, 1.807) is 6.20 Å². The Morgan fingerprint density at radius 3 is 3.06 bits per heavy atom. The zero-order chi connectivity index (χ0) is 12.4. The zero-order valence-electron chi connectivity index (χ0n) is 10.1. The maximum Gasteiger partial charge on any atom is 0.169 e. The predicted octanol–water partition coefficient (Wildman–Crippen LogP) is 2.84. The number of hydrogen-bond donors (Lipinski definition) is 0. The summed E-state index contributed by atoms with van der Waals surface area (Å²) in [6, 6.07) is 9.77. The van der Waals surface area contributed by atoms with Crippen molar-refractivity contribution >= 4 is 16.7 Å². The van der Waals surface area contributed by atoms with E-state index in [4.69, 9.17) is 4.74 Å². The fourth-order valence-electron chi connectivity index (χ4n) is 2.39. The van der Waals surface area contributed by atoms with Gasteiger partial charge < -0.3 is 4.74 Å². The number of ether oxygens (including phenoxy) is 1. The minimum absolute atomic E-state index is 0.00159. The van der Waals surface area contributed by atoms with Crippen molar-refractivity contribution in [2.24, 2.45) is 5.92 Å². The van der Waals surface area contributed by atoms with Crippen LogP contribution in [-0.2, 0) is 4.74 Å². The molecule has 0 saturated carbocycles. The summed E-state index contributed by atoms with van der Waals surface area (Å²) < 4.78 is 5.37. The Bertz CT molecular complexity index is 573. The number of aromatic nitrogens is 1. The average molecular weight is 241 g/mol. The Hall–Kier alpha value is -1.74. The van der Waals surface area contributed by atoms with Gasteiger partial charge in [-0.2, -0.15) is 0 Å². The number of ketones is 1. The lowest BCUT2D eigenvalue weighted by Crippen LogP contribution is -2.25. The monoisotopic (exact) mass is 241 g/mol. The van der Waals surface area contributed by atoms with Crippen LogP contribution in [0.4, 0.5) is 0 Å². The second-order valence-electron chi connectivity index (χ2n) is 4.70. The first-order valence-electron chi connectivity index (χ1n) is 6.31. The molecule has 2 heterocycles. The number of benzene rings is 1. The molecule has 1 aliphatic heterocycles. The van der Waals surface area contributed by atoms with E-state index in [1.165, 1.54) is 0 Å². The van der Waals surface area contributed by atoms with Gasteiger partial charge in [-0.15, -0.1) is 0 Å². The summed E-state index contributed by atoms with van der Waals surface area (Å²) in [5.41, 5.74) is 1.62. The van der Waals surface area contributed by atoms with Gasteiger partial charge in [0.2, 0.25) is 0 Å². The topological polar surface area (TPSA) is 39.2 Å². The molecule has 1 aromatic carbocycles. The maximum absolute atomic E-state index is 12.3. The standard InChI is InChI=1S/C15H15NO2/c17-15(12-5-3-7-18-10-12)13-8-11-4-1-2-6-14(11)16-9-13/h1-2,4,6,8-9,12H,3,5,7,10H2. The molecular weight excluding hydrogens is 226 g/mol. The number of rotatable bonds is 2. The zero-order valence-corrected chi connectivity index (χ0v) is 10.1. The largest absolute Gasteiger partial charge is 0.381 e. The van der Waals surface area contributed by atoms with Gasteiger partial charge in [-0.1, -0.05) is 18.2 Å². The first-order valence-corrected chi connectivity index (χ1v) is 6.31. The van der Waals surface area contributed by atoms with E-state index in [1.807, 2.05) is 30.3 Å². The number of hydrogen-bond acceptors (Lipinski definition) is 3. The molecular formula is C15H15NO2. The van der Waals surface area contributed by atoms with Crippen LogP contribution in [0.3, 0.4) is 0 Å². The van der Waals surface area contributed by atoms with Crippen molar-refractivity contribution in [3.8, 4) is 0 Å². The normalized spacial score (nSPS) is 19.9. The molecule has 3 rings (SSSR count). The van der Waals surface area contributed by atoms with Crippen LogP contribution in [0, 0.1) is 5.92 Å². The van der Waals surface area contributed by atoms with Crippen LogP contribution in [0.25, 0.3) is 10.9 Å². The molecule has 0 amide bonds. The lowest BCUT2D eigenvalue weighted by molar-refractivity contribution is 0.0461. The van der Waals surface area contributed by atoms with Gasteiger partial charge in [0.05, 0.1) is 12.1 Å². The van der Waals surface area contributed by atoms with Gasteiger partial charge in [0, 0.05) is 29.7 Å². The van der Waals surface area contributed by atoms with Crippen LogP contribution < -0.4 is 0 Å². The summed E-state index contributed by atoms with van der Waals surface area (Å²) in [5, 5.41) is 1.01. The molecule has 1 saturated heterocycles. The van der Waals surface area contributed by atoms with Crippen molar-refractivity contribution in [1.82, 2.24) is 4.98 Å². The molecule has 2 aromatic rings. The number of fused-ring (bicyclic) bond motifs is 1. The number of carbonyl (C=O) groups is 1. The molecule has 1 atom stereocenters. The van der Waals surface area contributed by atoms with E-state index in [0.717, 1.165) is 30.4 Å².